The lowest BCUT2D eigenvalue weighted by molar-refractivity contribution is 0.0696. The summed E-state index contributed by atoms with van der Waals surface area (Å²) in [5.74, 6) is 0.226. The van der Waals surface area contributed by atoms with Gasteiger partial charge in [0.05, 0.1) is 13.2 Å². The van der Waals surface area contributed by atoms with Crippen LogP contribution in [-0.2, 0) is 14.9 Å². The van der Waals surface area contributed by atoms with E-state index in [9.17, 15) is 8.42 Å². The Morgan fingerprint density at radius 2 is 1.61 bits per heavy atom. The molecule has 0 N–H and O–H groups in total. The Balaban J connectivity index is 1.29. The highest BCUT2D eigenvalue weighted by atomic mass is 32.2. The Bertz CT molecular complexity index is 1160. The zero-order valence-electron chi connectivity index (χ0n) is 17.1. The number of hydrogen-bond acceptors (Lipinski definition) is 7. The molecule has 3 aromatic heterocycles. The molecule has 0 bridgehead atoms. The fraction of sp³-hybridized carbons (Fsp3) is 0.429. The zero-order chi connectivity index (χ0) is 21.3. The Morgan fingerprint density at radius 1 is 0.903 bits per heavy atom. The maximum atomic E-state index is 12.9. The van der Waals surface area contributed by atoms with E-state index < -0.39 is 10.2 Å². The third kappa shape index (κ3) is 4.16. The van der Waals surface area contributed by atoms with Gasteiger partial charge in [0.1, 0.15) is 6.33 Å². The third-order valence-electron chi connectivity index (χ3n) is 5.95. The molecule has 0 aliphatic carbocycles. The molecule has 3 aromatic rings. The molecule has 2 aliphatic rings. The van der Waals surface area contributed by atoms with E-state index in [-0.39, 0.29) is 5.92 Å². The summed E-state index contributed by atoms with van der Waals surface area (Å²) in [6.45, 7) is 2.79. The SMILES string of the molecule is O=S(=O)(N1CCOCC1)N1CCC(c2ccc3cc(-c4cncnc4)cnc3n2)CC1. The average molecular weight is 441 g/mol. The Hall–Kier alpha value is -2.53. The van der Waals surface area contributed by atoms with Crippen LogP contribution in [0, 0.1) is 0 Å². The van der Waals surface area contributed by atoms with Crippen molar-refractivity contribution in [3.8, 4) is 11.1 Å². The Labute approximate surface area is 181 Å². The van der Waals surface area contributed by atoms with Crippen molar-refractivity contribution in [2.45, 2.75) is 18.8 Å². The van der Waals surface area contributed by atoms with Crippen LogP contribution >= 0.6 is 0 Å². The maximum absolute atomic E-state index is 12.9. The number of ether oxygens (including phenoxy) is 1. The summed E-state index contributed by atoms with van der Waals surface area (Å²) >= 11 is 0. The van der Waals surface area contributed by atoms with E-state index in [1.807, 2.05) is 18.2 Å². The second-order valence-electron chi connectivity index (χ2n) is 7.83. The van der Waals surface area contributed by atoms with E-state index in [4.69, 9.17) is 9.72 Å². The second kappa shape index (κ2) is 8.54. The van der Waals surface area contributed by atoms with Crippen molar-refractivity contribution in [1.29, 1.82) is 0 Å². The normalized spacial score (nSPS) is 19.6. The highest BCUT2D eigenvalue weighted by Crippen LogP contribution is 2.30. The lowest BCUT2D eigenvalue weighted by Crippen LogP contribution is -2.50. The van der Waals surface area contributed by atoms with Crippen molar-refractivity contribution in [2.24, 2.45) is 0 Å². The number of pyridine rings is 2. The molecule has 162 valence electrons. The van der Waals surface area contributed by atoms with Crippen LogP contribution in [0.4, 0.5) is 0 Å². The molecule has 9 nitrogen and oxygen atoms in total. The first-order valence-corrected chi connectivity index (χ1v) is 11.9. The lowest BCUT2D eigenvalue weighted by Gasteiger charge is -2.36. The molecule has 0 saturated carbocycles. The minimum atomic E-state index is -3.41. The van der Waals surface area contributed by atoms with Gasteiger partial charge < -0.3 is 4.74 Å². The van der Waals surface area contributed by atoms with Gasteiger partial charge in [-0.2, -0.15) is 17.0 Å². The molecule has 2 saturated heterocycles. The van der Waals surface area contributed by atoms with Gasteiger partial charge in [0.2, 0.25) is 0 Å². The van der Waals surface area contributed by atoms with Gasteiger partial charge in [-0.15, -0.1) is 0 Å². The third-order valence-corrected chi connectivity index (χ3v) is 7.99. The number of nitrogens with zero attached hydrogens (tertiary/aromatic N) is 6. The molecule has 5 rings (SSSR count). The van der Waals surface area contributed by atoms with Crippen LogP contribution in [-0.4, -0.2) is 76.4 Å². The van der Waals surface area contributed by atoms with Crippen LogP contribution in [0.5, 0.6) is 0 Å². The van der Waals surface area contributed by atoms with Crippen LogP contribution in [0.2, 0.25) is 0 Å². The number of morpholine rings is 1. The van der Waals surface area contributed by atoms with E-state index in [2.05, 4.69) is 15.0 Å². The summed E-state index contributed by atoms with van der Waals surface area (Å²) in [5.41, 5.74) is 3.53. The number of piperidine rings is 1. The minimum absolute atomic E-state index is 0.226. The predicted molar refractivity (Wildman–Crippen MR) is 115 cm³/mol. The molecule has 0 atom stereocenters. The van der Waals surface area contributed by atoms with Crippen LogP contribution in [0.3, 0.4) is 0 Å². The molecular formula is C21H24N6O3S. The van der Waals surface area contributed by atoms with E-state index in [1.165, 1.54) is 10.6 Å². The van der Waals surface area contributed by atoms with E-state index >= 15 is 0 Å². The second-order valence-corrected chi connectivity index (χ2v) is 9.75. The molecule has 5 heterocycles. The van der Waals surface area contributed by atoms with Crippen LogP contribution in [0.25, 0.3) is 22.2 Å². The summed E-state index contributed by atoms with van der Waals surface area (Å²) < 4.78 is 34.1. The van der Waals surface area contributed by atoms with Crippen LogP contribution < -0.4 is 0 Å². The molecule has 10 heteroatoms. The van der Waals surface area contributed by atoms with E-state index in [0.717, 1.165) is 35.0 Å². The summed E-state index contributed by atoms with van der Waals surface area (Å²) in [4.78, 5) is 17.4. The van der Waals surface area contributed by atoms with Gasteiger partial charge in [0, 0.05) is 72.9 Å². The topological polar surface area (TPSA) is 101 Å². The zero-order valence-corrected chi connectivity index (χ0v) is 17.9. The minimum Gasteiger partial charge on any atom is -0.379 e. The molecule has 0 spiro atoms. The molecule has 0 unspecified atom stereocenters. The largest absolute Gasteiger partial charge is 0.379 e. The van der Waals surface area contributed by atoms with Gasteiger partial charge in [-0.25, -0.2) is 19.9 Å². The molecule has 31 heavy (non-hydrogen) atoms. The van der Waals surface area contributed by atoms with Gasteiger partial charge >= 0.3 is 0 Å². The van der Waals surface area contributed by atoms with Gasteiger partial charge in [-0.3, -0.25) is 0 Å². The number of fused-ring (bicyclic) bond motifs is 1. The number of rotatable bonds is 4. The number of aromatic nitrogens is 4. The summed E-state index contributed by atoms with van der Waals surface area (Å²) in [5, 5.41) is 0.956. The predicted octanol–water partition coefficient (Wildman–Crippen LogP) is 1.84. The standard InChI is InChI=1S/C21H24N6O3S/c28-31(29,27-7-9-30-10-8-27)26-5-3-16(4-6-26)20-2-1-17-11-18(14-24-21(17)25-20)19-12-22-15-23-13-19/h1-2,11-16H,3-10H2. The number of hydrogen-bond donors (Lipinski definition) is 0. The Morgan fingerprint density at radius 3 is 2.35 bits per heavy atom. The van der Waals surface area contributed by atoms with Crippen molar-refractivity contribution in [2.75, 3.05) is 39.4 Å². The highest BCUT2D eigenvalue weighted by Gasteiger charge is 2.34. The molecule has 2 aliphatic heterocycles. The van der Waals surface area contributed by atoms with Crippen molar-refractivity contribution in [1.82, 2.24) is 28.5 Å². The van der Waals surface area contributed by atoms with Crippen LogP contribution in [0.15, 0.2) is 43.1 Å². The Kier molecular flexibility index (Phi) is 5.61. The highest BCUT2D eigenvalue weighted by molar-refractivity contribution is 7.86. The first-order chi connectivity index (χ1) is 15.1. The molecular weight excluding hydrogens is 416 g/mol. The van der Waals surface area contributed by atoms with Gasteiger partial charge in [0.15, 0.2) is 5.65 Å². The molecule has 2 fully saturated rings. The van der Waals surface area contributed by atoms with Crippen molar-refractivity contribution in [3.63, 3.8) is 0 Å². The summed E-state index contributed by atoms with van der Waals surface area (Å²) in [6.07, 6.45) is 8.31. The lowest BCUT2D eigenvalue weighted by atomic mass is 9.94. The summed E-state index contributed by atoms with van der Waals surface area (Å²) in [6, 6.07) is 6.11. The molecule has 0 radical (unpaired) electrons. The fourth-order valence-corrected chi connectivity index (χ4v) is 5.79. The first kappa shape index (κ1) is 20.4. The van der Waals surface area contributed by atoms with Crippen molar-refractivity contribution >= 4 is 21.2 Å². The van der Waals surface area contributed by atoms with E-state index in [1.54, 1.807) is 22.9 Å². The van der Waals surface area contributed by atoms with Gasteiger partial charge in [0.25, 0.3) is 10.2 Å². The van der Waals surface area contributed by atoms with E-state index in [0.29, 0.717) is 45.0 Å². The molecule has 0 amide bonds. The quantitative estimate of drug-likeness (QED) is 0.610. The fourth-order valence-electron chi connectivity index (χ4n) is 4.18. The molecule has 0 aromatic carbocycles. The summed E-state index contributed by atoms with van der Waals surface area (Å²) in [7, 11) is -3.41. The van der Waals surface area contributed by atoms with Gasteiger partial charge in [-0.1, -0.05) is 0 Å². The van der Waals surface area contributed by atoms with Crippen molar-refractivity contribution in [3.05, 3.63) is 48.8 Å². The first-order valence-electron chi connectivity index (χ1n) is 10.5. The maximum Gasteiger partial charge on any atom is 0.282 e. The van der Waals surface area contributed by atoms with Gasteiger partial charge in [-0.05, 0) is 31.0 Å². The van der Waals surface area contributed by atoms with Crippen molar-refractivity contribution < 1.29 is 13.2 Å². The van der Waals surface area contributed by atoms with Crippen LogP contribution in [0.1, 0.15) is 24.5 Å². The smallest absolute Gasteiger partial charge is 0.282 e. The monoisotopic (exact) mass is 440 g/mol. The average Bonchev–Trinajstić information content (AvgIpc) is 2.84.